The molecule has 6 nitrogen and oxygen atoms in total. The summed E-state index contributed by atoms with van der Waals surface area (Å²) in [5, 5.41) is 21.2. The molecule has 1 aromatic carbocycles. The number of nitrogens with zero attached hydrogens (tertiary/aromatic N) is 3. The summed E-state index contributed by atoms with van der Waals surface area (Å²) in [4.78, 5) is 5.34. The molecule has 0 aliphatic heterocycles. The third kappa shape index (κ3) is 5.34. The second kappa shape index (κ2) is 9.73. The summed E-state index contributed by atoms with van der Waals surface area (Å²) < 4.78 is 2.49. The van der Waals surface area contributed by atoms with Crippen molar-refractivity contribution in [3.05, 3.63) is 69.6 Å². The zero-order chi connectivity index (χ0) is 19.9. The molecular weight excluding hydrogens is 394 g/mol. The van der Waals surface area contributed by atoms with Crippen LogP contribution < -0.4 is 10.6 Å². The van der Waals surface area contributed by atoms with E-state index < -0.39 is 6.10 Å². The van der Waals surface area contributed by atoms with Gasteiger partial charge in [0, 0.05) is 23.8 Å². The van der Waals surface area contributed by atoms with Crippen molar-refractivity contribution in [1.82, 2.24) is 20.4 Å². The Kier molecular flexibility index (Phi) is 7.08. The molecule has 2 unspecified atom stereocenters. The van der Waals surface area contributed by atoms with Gasteiger partial charge in [0.25, 0.3) is 0 Å². The standard InChI is InChI=1S/C20H24ClN5OS/c1-3-22-20(23-13-17(27)18-8-9-19(21)28-18)25-14(2)15-6-4-7-16(12-15)26-11-5-10-24-26/h4-12,14,17,27H,3,13H2,1-2H3,(H2,22,23,25). The topological polar surface area (TPSA) is 74.5 Å². The predicted octanol–water partition coefficient (Wildman–Crippen LogP) is 3.94. The normalized spacial score (nSPS) is 13.9. The minimum atomic E-state index is -0.675. The van der Waals surface area contributed by atoms with Gasteiger partial charge in [-0.15, -0.1) is 11.3 Å². The van der Waals surface area contributed by atoms with Gasteiger partial charge in [0.1, 0.15) is 6.10 Å². The number of rotatable bonds is 7. The van der Waals surface area contributed by atoms with Crippen LogP contribution in [0, 0.1) is 0 Å². The summed E-state index contributed by atoms with van der Waals surface area (Å²) in [5.74, 6) is 0.654. The molecule has 3 aromatic rings. The molecule has 0 saturated heterocycles. The van der Waals surface area contributed by atoms with Gasteiger partial charge in [0.15, 0.2) is 5.96 Å². The average molecular weight is 418 g/mol. The Morgan fingerprint density at radius 2 is 2.18 bits per heavy atom. The zero-order valence-corrected chi connectivity index (χ0v) is 17.4. The number of benzene rings is 1. The van der Waals surface area contributed by atoms with Crippen LogP contribution in [0.25, 0.3) is 5.69 Å². The molecule has 28 heavy (non-hydrogen) atoms. The number of nitrogens with one attached hydrogen (secondary N) is 2. The second-order valence-electron chi connectivity index (χ2n) is 6.29. The van der Waals surface area contributed by atoms with E-state index in [9.17, 15) is 5.11 Å². The van der Waals surface area contributed by atoms with Crippen LogP contribution in [0.2, 0.25) is 4.34 Å². The van der Waals surface area contributed by atoms with Crippen LogP contribution in [0.1, 0.15) is 36.4 Å². The zero-order valence-electron chi connectivity index (χ0n) is 15.8. The molecule has 2 atom stereocenters. The van der Waals surface area contributed by atoms with Crippen molar-refractivity contribution in [1.29, 1.82) is 0 Å². The predicted molar refractivity (Wildman–Crippen MR) is 115 cm³/mol. The number of aromatic nitrogens is 2. The minimum absolute atomic E-state index is 0.0293. The lowest BCUT2D eigenvalue weighted by Gasteiger charge is -2.19. The quantitative estimate of drug-likeness (QED) is 0.402. The summed E-state index contributed by atoms with van der Waals surface area (Å²) in [6.45, 7) is 5.07. The summed E-state index contributed by atoms with van der Waals surface area (Å²) >= 11 is 7.31. The van der Waals surface area contributed by atoms with E-state index in [4.69, 9.17) is 11.6 Å². The number of hydrogen-bond acceptors (Lipinski definition) is 4. The molecule has 2 aromatic heterocycles. The van der Waals surface area contributed by atoms with Crippen molar-refractivity contribution in [2.45, 2.75) is 26.0 Å². The van der Waals surface area contributed by atoms with Gasteiger partial charge in [-0.2, -0.15) is 5.10 Å². The number of aliphatic imine (C=N–C) groups is 1. The van der Waals surface area contributed by atoms with Crippen LogP contribution in [-0.4, -0.2) is 33.9 Å². The molecule has 2 heterocycles. The molecule has 3 N–H and O–H groups in total. The summed E-state index contributed by atoms with van der Waals surface area (Å²) in [7, 11) is 0. The Labute approximate surface area is 173 Å². The van der Waals surface area contributed by atoms with Crippen LogP contribution >= 0.6 is 22.9 Å². The van der Waals surface area contributed by atoms with Gasteiger partial charge < -0.3 is 15.7 Å². The van der Waals surface area contributed by atoms with Crippen LogP contribution in [0.3, 0.4) is 0 Å². The van der Waals surface area contributed by atoms with Crippen LogP contribution in [0.5, 0.6) is 0 Å². The Bertz CT molecular complexity index is 909. The van der Waals surface area contributed by atoms with E-state index in [1.807, 2.05) is 42.1 Å². The molecule has 0 amide bonds. The molecular formula is C20H24ClN5OS. The lowest BCUT2D eigenvalue weighted by Crippen LogP contribution is -2.39. The van der Waals surface area contributed by atoms with Gasteiger partial charge in [-0.3, -0.25) is 4.99 Å². The number of guanidine groups is 1. The molecule has 0 saturated carbocycles. The highest BCUT2D eigenvalue weighted by atomic mass is 35.5. The summed E-state index contributed by atoms with van der Waals surface area (Å²) in [6, 6.07) is 13.7. The van der Waals surface area contributed by atoms with Crippen molar-refractivity contribution in [2.75, 3.05) is 13.1 Å². The highest BCUT2D eigenvalue weighted by molar-refractivity contribution is 7.16. The Hall–Kier alpha value is -2.35. The van der Waals surface area contributed by atoms with Crippen molar-refractivity contribution in [2.24, 2.45) is 4.99 Å². The fourth-order valence-corrected chi connectivity index (χ4v) is 3.78. The van der Waals surface area contributed by atoms with E-state index in [1.54, 1.807) is 12.3 Å². The molecule has 8 heteroatoms. The monoisotopic (exact) mass is 417 g/mol. The minimum Gasteiger partial charge on any atom is -0.386 e. The first-order chi connectivity index (χ1) is 13.6. The maximum atomic E-state index is 10.3. The van der Waals surface area contributed by atoms with Crippen molar-refractivity contribution >= 4 is 28.9 Å². The number of hydrogen-bond donors (Lipinski definition) is 3. The molecule has 0 bridgehead atoms. The molecule has 0 fully saturated rings. The maximum absolute atomic E-state index is 10.3. The molecule has 0 spiro atoms. The summed E-state index contributed by atoms with van der Waals surface area (Å²) in [6.07, 6.45) is 3.00. The van der Waals surface area contributed by atoms with Crippen molar-refractivity contribution < 1.29 is 5.11 Å². The van der Waals surface area contributed by atoms with Crippen molar-refractivity contribution in [3.63, 3.8) is 0 Å². The van der Waals surface area contributed by atoms with Gasteiger partial charge in [0.2, 0.25) is 0 Å². The van der Waals surface area contributed by atoms with Crippen LogP contribution in [0.15, 0.2) is 59.9 Å². The lowest BCUT2D eigenvalue weighted by molar-refractivity contribution is 0.191. The first-order valence-electron chi connectivity index (χ1n) is 9.15. The molecule has 0 radical (unpaired) electrons. The third-order valence-electron chi connectivity index (χ3n) is 4.18. The molecule has 3 rings (SSSR count). The van der Waals surface area contributed by atoms with Gasteiger partial charge in [0.05, 0.1) is 22.6 Å². The first kappa shape index (κ1) is 20.4. The maximum Gasteiger partial charge on any atom is 0.191 e. The van der Waals surface area contributed by atoms with Crippen LogP contribution in [0.4, 0.5) is 0 Å². The summed E-state index contributed by atoms with van der Waals surface area (Å²) in [5.41, 5.74) is 2.12. The highest BCUT2D eigenvalue weighted by Crippen LogP contribution is 2.27. The molecule has 148 valence electrons. The van der Waals surface area contributed by atoms with E-state index in [1.165, 1.54) is 11.3 Å². The highest BCUT2D eigenvalue weighted by Gasteiger charge is 2.12. The fourth-order valence-electron chi connectivity index (χ4n) is 2.74. The Morgan fingerprint density at radius 1 is 1.32 bits per heavy atom. The van der Waals surface area contributed by atoms with E-state index in [-0.39, 0.29) is 12.6 Å². The van der Waals surface area contributed by atoms with E-state index >= 15 is 0 Å². The van der Waals surface area contributed by atoms with Gasteiger partial charge in [-0.1, -0.05) is 23.7 Å². The van der Waals surface area contributed by atoms with Crippen molar-refractivity contribution in [3.8, 4) is 5.69 Å². The van der Waals surface area contributed by atoms with E-state index in [2.05, 4.69) is 39.8 Å². The van der Waals surface area contributed by atoms with Crippen LogP contribution in [-0.2, 0) is 0 Å². The number of halogens is 1. The largest absolute Gasteiger partial charge is 0.386 e. The Morgan fingerprint density at radius 3 is 2.86 bits per heavy atom. The van der Waals surface area contributed by atoms with Gasteiger partial charge in [-0.05, 0) is 49.7 Å². The van der Waals surface area contributed by atoms with E-state index in [0.29, 0.717) is 10.3 Å². The number of aliphatic hydroxyl groups is 1. The number of aliphatic hydroxyl groups excluding tert-OH is 1. The molecule has 0 aliphatic carbocycles. The third-order valence-corrected chi connectivity index (χ3v) is 5.51. The second-order valence-corrected chi connectivity index (χ2v) is 8.04. The molecule has 0 aliphatic rings. The van der Waals surface area contributed by atoms with E-state index in [0.717, 1.165) is 22.7 Å². The first-order valence-corrected chi connectivity index (χ1v) is 10.3. The Balaban J connectivity index is 1.68. The van der Waals surface area contributed by atoms with Gasteiger partial charge >= 0.3 is 0 Å². The smallest absolute Gasteiger partial charge is 0.191 e. The number of thiophene rings is 1. The lowest BCUT2D eigenvalue weighted by atomic mass is 10.1. The SMILES string of the molecule is CCNC(=NCC(O)c1ccc(Cl)s1)NC(C)c1cccc(-n2cccn2)c1. The fraction of sp³-hybridized carbons (Fsp3) is 0.300. The average Bonchev–Trinajstić information content (AvgIpc) is 3.38. The van der Waals surface area contributed by atoms with Gasteiger partial charge in [-0.25, -0.2) is 4.68 Å².